The van der Waals surface area contributed by atoms with Crippen LogP contribution < -0.4 is 0 Å². The number of aliphatic carboxylic acids is 1. The second-order valence-electron chi connectivity index (χ2n) is 7.58. The maximum atomic E-state index is 13.2. The molecule has 2 atom stereocenters. The van der Waals surface area contributed by atoms with E-state index in [1.54, 1.807) is 17.0 Å². The second-order valence-corrected chi connectivity index (χ2v) is 7.58. The van der Waals surface area contributed by atoms with Crippen molar-refractivity contribution < 1.29 is 19.6 Å². The number of nitro benzene ring substituents is 1. The topological polar surface area (TPSA) is 101 Å². The van der Waals surface area contributed by atoms with Crippen molar-refractivity contribution in [2.45, 2.75) is 24.4 Å². The van der Waals surface area contributed by atoms with Crippen molar-refractivity contribution in [3.8, 4) is 0 Å². The van der Waals surface area contributed by atoms with E-state index in [9.17, 15) is 24.8 Å². The highest BCUT2D eigenvalue weighted by Gasteiger charge is 2.58. The number of carboxylic acid groups (broad SMARTS) is 1. The minimum Gasteiger partial charge on any atom is -0.480 e. The lowest BCUT2D eigenvalue weighted by atomic mass is 9.71. The summed E-state index contributed by atoms with van der Waals surface area (Å²) in [6.07, 6.45) is -0.230. The maximum absolute atomic E-state index is 13.2. The van der Waals surface area contributed by atoms with Crippen molar-refractivity contribution in [2.24, 2.45) is 0 Å². The van der Waals surface area contributed by atoms with Gasteiger partial charge in [-0.2, -0.15) is 0 Å². The number of carboxylic acids is 1. The fourth-order valence-corrected chi connectivity index (χ4v) is 4.36. The van der Waals surface area contributed by atoms with Gasteiger partial charge in [0, 0.05) is 25.1 Å². The monoisotopic (exact) mass is 416 g/mol. The molecule has 0 aliphatic carbocycles. The Bertz CT molecular complexity index is 1120. The number of nitro groups is 1. The van der Waals surface area contributed by atoms with Crippen molar-refractivity contribution >= 4 is 17.6 Å². The number of likely N-dealkylation sites (tertiary alicyclic amines) is 1. The zero-order valence-corrected chi connectivity index (χ0v) is 16.5. The highest BCUT2D eigenvalue weighted by molar-refractivity contribution is 5.95. The van der Waals surface area contributed by atoms with E-state index in [0.29, 0.717) is 11.1 Å². The smallest absolute Gasteiger partial charge is 0.317 e. The van der Waals surface area contributed by atoms with Gasteiger partial charge in [0.2, 0.25) is 5.91 Å². The van der Waals surface area contributed by atoms with Gasteiger partial charge in [-0.25, -0.2) is 0 Å². The Morgan fingerprint density at radius 1 is 1.00 bits per heavy atom. The van der Waals surface area contributed by atoms with E-state index in [2.05, 4.69) is 0 Å². The molecule has 0 radical (unpaired) electrons. The highest BCUT2D eigenvalue weighted by Crippen LogP contribution is 2.50. The Morgan fingerprint density at radius 2 is 1.58 bits per heavy atom. The summed E-state index contributed by atoms with van der Waals surface area (Å²) in [7, 11) is 0. The highest BCUT2D eigenvalue weighted by atomic mass is 16.6. The third kappa shape index (κ3) is 3.54. The lowest BCUT2D eigenvalue weighted by molar-refractivity contribution is -0.384. The quantitative estimate of drug-likeness (QED) is 0.482. The Balaban J connectivity index is 1.87. The van der Waals surface area contributed by atoms with Crippen molar-refractivity contribution in [1.82, 2.24) is 4.90 Å². The summed E-state index contributed by atoms with van der Waals surface area (Å²) < 4.78 is 0. The summed E-state index contributed by atoms with van der Waals surface area (Å²) in [6.45, 7) is 0.265. The number of rotatable bonds is 6. The van der Waals surface area contributed by atoms with Crippen LogP contribution in [0.25, 0.3) is 0 Å². The first kappa shape index (κ1) is 20.3. The second kappa shape index (κ2) is 8.02. The summed E-state index contributed by atoms with van der Waals surface area (Å²) in [5, 5.41) is 21.5. The molecule has 31 heavy (non-hydrogen) atoms. The van der Waals surface area contributed by atoms with Gasteiger partial charge in [-0.15, -0.1) is 0 Å². The Hall–Kier alpha value is -4.00. The van der Waals surface area contributed by atoms with Crippen LogP contribution in [0.1, 0.15) is 29.2 Å². The van der Waals surface area contributed by atoms with Crippen LogP contribution in [-0.2, 0) is 21.5 Å². The number of hydrogen-bond donors (Lipinski definition) is 1. The van der Waals surface area contributed by atoms with E-state index in [-0.39, 0.29) is 24.6 Å². The molecule has 3 aromatic carbocycles. The number of carbonyl (C=O) groups excluding carboxylic acids is 1. The SMILES string of the molecule is O=C1C[C@@](C(=O)O)(c2ccc([N+](=O)[O-])cc2)[C@@H](c2ccccc2)N1Cc1ccccc1. The molecule has 4 rings (SSSR count). The van der Waals surface area contributed by atoms with Crippen LogP contribution in [0.2, 0.25) is 0 Å². The average Bonchev–Trinajstić information content (AvgIpc) is 3.08. The molecular weight excluding hydrogens is 396 g/mol. The first-order valence-electron chi connectivity index (χ1n) is 9.80. The molecule has 1 amide bonds. The Morgan fingerprint density at radius 3 is 2.13 bits per heavy atom. The third-order valence-electron chi connectivity index (χ3n) is 5.81. The lowest BCUT2D eigenvalue weighted by Crippen LogP contribution is -2.42. The van der Waals surface area contributed by atoms with Gasteiger partial charge >= 0.3 is 5.97 Å². The van der Waals surface area contributed by atoms with Gasteiger partial charge in [0.05, 0.1) is 11.0 Å². The first-order chi connectivity index (χ1) is 14.9. The van der Waals surface area contributed by atoms with E-state index in [1.165, 1.54) is 24.3 Å². The van der Waals surface area contributed by atoms with Crippen molar-refractivity contribution in [2.75, 3.05) is 0 Å². The van der Waals surface area contributed by atoms with Crippen LogP contribution in [0.15, 0.2) is 84.9 Å². The van der Waals surface area contributed by atoms with Crippen LogP contribution in [0.4, 0.5) is 5.69 Å². The van der Waals surface area contributed by atoms with Crippen LogP contribution in [0.5, 0.6) is 0 Å². The van der Waals surface area contributed by atoms with Crippen molar-refractivity contribution in [1.29, 1.82) is 0 Å². The molecule has 1 N–H and O–H groups in total. The standard InChI is InChI=1S/C24H20N2O5/c27-21-15-24(23(28)29,19-11-13-20(14-12-19)26(30)31)22(18-9-5-2-6-10-18)25(21)16-17-7-3-1-4-8-17/h1-14,22H,15-16H2,(H,28,29)/t22-,24-/m1/s1. The molecule has 7 heteroatoms. The molecule has 7 nitrogen and oxygen atoms in total. The number of hydrogen-bond acceptors (Lipinski definition) is 4. The van der Waals surface area contributed by atoms with Gasteiger partial charge in [-0.3, -0.25) is 19.7 Å². The summed E-state index contributed by atoms with van der Waals surface area (Å²) in [6, 6.07) is 23.2. The molecule has 0 saturated carbocycles. The predicted molar refractivity (Wildman–Crippen MR) is 113 cm³/mol. The number of amides is 1. The van der Waals surface area contributed by atoms with E-state index in [0.717, 1.165) is 5.56 Å². The summed E-state index contributed by atoms with van der Waals surface area (Å²) in [4.78, 5) is 38.1. The minimum atomic E-state index is -1.57. The van der Waals surface area contributed by atoms with Gasteiger partial charge in [0.25, 0.3) is 5.69 Å². The molecule has 156 valence electrons. The normalized spacial score (nSPS) is 20.6. The zero-order valence-electron chi connectivity index (χ0n) is 16.5. The van der Waals surface area contributed by atoms with E-state index in [1.807, 2.05) is 48.5 Å². The van der Waals surface area contributed by atoms with Crippen LogP contribution in [0.3, 0.4) is 0 Å². The molecule has 3 aromatic rings. The number of carbonyl (C=O) groups is 2. The number of non-ortho nitro benzene ring substituents is 1. The Kier molecular flexibility index (Phi) is 5.25. The van der Waals surface area contributed by atoms with Gasteiger partial charge in [-0.1, -0.05) is 72.8 Å². The fraction of sp³-hybridized carbons (Fsp3) is 0.167. The van der Waals surface area contributed by atoms with E-state index in [4.69, 9.17) is 0 Å². The fourth-order valence-electron chi connectivity index (χ4n) is 4.36. The molecular formula is C24H20N2O5. The van der Waals surface area contributed by atoms with E-state index < -0.39 is 22.3 Å². The molecule has 1 fully saturated rings. The maximum Gasteiger partial charge on any atom is 0.317 e. The van der Waals surface area contributed by atoms with Crippen molar-refractivity contribution in [3.63, 3.8) is 0 Å². The van der Waals surface area contributed by atoms with Gasteiger partial charge in [-0.05, 0) is 16.7 Å². The molecule has 1 aliphatic rings. The van der Waals surface area contributed by atoms with Gasteiger partial charge < -0.3 is 10.0 Å². The zero-order chi connectivity index (χ0) is 22.0. The minimum absolute atomic E-state index is 0.133. The summed E-state index contributed by atoms with van der Waals surface area (Å²) in [5.41, 5.74) is 0.253. The molecule has 1 heterocycles. The number of nitrogens with zero attached hydrogens (tertiary/aromatic N) is 2. The largest absolute Gasteiger partial charge is 0.480 e. The van der Waals surface area contributed by atoms with Crippen molar-refractivity contribution in [3.05, 3.63) is 112 Å². The van der Waals surface area contributed by atoms with Crippen LogP contribution in [0, 0.1) is 10.1 Å². The summed E-state index contributed by atoms with van der Waals surface area (Å²) in [5.74, 6) is -1.42. The van der Waals surface area contributed by atoms with Gasteiger partial charge in [0.1, 0.15) is 5.41 Å². The molecule has 0 unspecified atom stereocenters. The summed E-state index contributed by atoms with van der Waals surface area (Å²) >= 11 is 0. The molecule has 1 saturated heterocycles. The molecule has 0 aromatic heterocycles. The Labute approximate surface area is 178 Å². The molecule has 1 aliphatic heterocycles. The van der Waals surface area contributed by atoms with Gasteiger partial charge in [0.15, 0.2) is 0 Å². The number of benzene rings is 3. The predicted octanol–water partition coefficient (Wildman–Crippen LogP) is 4.09. The third-order valence-corrected chi connectivity index (χ3v) is 5.81. The average molecular weight is 416 g/mol. The van der Waals surface area contributed by atoms with Crippen LogP contribution in [-0.4, -0.2) is 26.8 Å². The van der Waals surface area contributed by atoms with E-state index >= 15 is 0 Å². The first-order valence-corrected chi connectivity index (χ1v) is 9.80. The molecule has 0 spiro atoms. The lowest BCUT2D eigenvalue weighted by Gasteiger charge is -2.35. The molecule has 0 bridgehead atoms. The van der Waals surface area contributed by atoms with Crippen LogP contribution >= 0.6 is 0 Å².